The lowest BCUT2D eigenvalue weighted by Crippen LogP contribution is -2.40. The number of carbonyl (C=O) groups is 4. The Morgan fingerprint density at radius 2 is 1.64 bits per heavy atom. The first-order valence-electron chi connectivity index (χ1n) is 11.2. The number of nitrogens with zero attached hydrogens (tertiary/aromatic N) is 3. The first-order chi connectivity index (χ1) is 18.3. The molecule has 208 valence electrons. The SMILES string of the molecule is COC(=O)c1nc(C#Cc2ccccc2C(F)(F)F)n([C@@H]2O[C@H](COC(C)=O)[C@@H](OC(C)=O)[C@H]2OC(C)=O)n1. The maximum absolute atomic E-state index is 13.4. The Labute approximate surface area is 219 Å². The van der Waals surface area contributed by atoms with E-state index in [-0.39, 0.29) is 5.82 Å². The van der Waals surface area contributed by atoms with Crippen LogP contribution in [0.2, 0.25) is 0 Å². The summed E-state index contributed by atoms with van der Waals surface area (Å²) in [5, 5.41) is 3.99. The number of hydrogen-bond donors (Lipinski definition) is 0. The maximum atomic E-state index is 13.4. The molecule has 2 aromatic rings. The van der Waals surface area contributed by atoms with E-state index in [1.54, 1.807) is 0 Å². The highest BCUT2D eigenvalue weighted by Crippen LogP contribution is 2.35. The molecule has 0 aliphatic carbocycles. The Morgan fingerprint density at radius 3 is 2.23 bits per heavy atom. The van der Waals surface area contributed by atoms with Crippen molar-refractivity contribution >= 4 is 23.9 Å². The van der Waals surface area contributed by atoms with Gasteiger partial charge in [0.25, 0.3) is 5.82 Å². The molecule has 0 amide bonds. The van der Waals surface area contributed by atoms with Crippen molar-refractivity contribution in [2.24, 2.45) is 0 Å². The number of hydrogen-bond acceptors (Lipinski definition) is 11. The van der Waals surface area contributed by atoms with Gasteiger partial charge in [0.05, 0.1) is 12.7 Å². The van der Waals surface area contributed by atoms with Crippen LogP contribution >= 0.6 is 0 Å². The third-order valence-corrected chi connectivity index (χ3v) is 5.12. The zero-order chi connectivity index (χ0) is 28.9. The molecular formula is C24H22F3N3O9. The molecule has 39 heavy (non-hydrogen) atoms. The quantitative estimate of drug-likeness (QED) is 0.293. The number of esters is 4. The summed E-state index contributed by atoms with van der Waals surface area (Å²) >= 11 is 0. The first-order valence-corrected chi connectivity index (χ1v) is 11.2. The van der Waals surface area contributed by atoms with Crippen LogP contribution in [0.5, 0.6) is 0 Å². The van der Waals surface area contributed by atoms with Gasteiger partial charge < -0.3 is 23.7 Å². The van der Waals surface area contributed by atoms with Crippen molar-refractivity contribution in [1.82, 2.24) is 14.8 Å². The zero-order valence-corrected chi connectivity index (χ0v) is 21.0. The number of aromatic nitrogens is 3. The first kappa shape index (κ1) is 29.1. The summed E-state index contributed by atoms with van der Waals surface area (Å²) in [6.45, 7) is 2.85. The monoisotopic (exact) mass is 553 g/mol. The molecule has 1 aliphatic heterocycles. The predicted octanol–water partition coefficient (Wildman–Crippen LogP) is 1.81. The van der Waals surface area contributed by atoms with Gasteiger partial charge in [-0.2, -0.15) is 18.2 Å². The minimum atomic E-state index is -4.70. The summed E-state index contributed by atoms with van der Waals surface area (Å²) in [4.78, 5) is 51.2. The number of alkyl halides is 3. The summed E-state index contributed by atoms with van der Waals surface area (Å²) in [5.74, 6) is 0.577. The Bertz CT molecular complexity index is 1330. The molecule has 3 rings (SSSR count). The van der Waals surface area contributed by atoms with E-state index in [1.807, 2.05) is 0 Å². The molecule has 12 nitrogen and oxygen atoms in total. The summed E-state index contributed by atoms with van der Waals surface area (Å²) < 4.78 is 67.2. The topological polar surface area (TPSA) is 145 Å². The van der Waals surface area contributed by atoms with Crippen molar-refractivity contribution in [2.75, 3.05) is 13.7 Å². The molecular weight excluding hydrogens is 531 g/mol. The normalized spacial score (nSPS) is 20.4. The summed E-state index contributed by atoms with van der Waals surface area (Å²) in [6, 6.07) is 4.52. The van der Waals surface area contributed by atoms with Gasteiger partial charge in [-0.1, -0.05) is 18.1 Å². The smallest absolute Gasteiger partial charge is 0.417 e. The molecule has 1 aromatic heterocycles. The van der Waals surface area contributed by atoms with Crippen LogP contribution in [0.1, 0.15) is 54.6 Å². The molecule has 2 heterocycles. The van der Waals surface area contributed by atoms with E-state index in [4.69, 9.17) is 18.9 Å². The third-order valence-electron chi connectivity index (χ3n) is 5.12. The fourth-order valence-electron chi connectivity index (χ4n) is 3.62. The molecule has 0 N–H and O–H groups in total. The van der Waals surface area contributed by atoms with Gasteiger partial charge in [0.2, 0.25) is 5.82 Å². The van der Waals surface area contributed by atoms with Crippen molar-refractivity contribution in [3.05, 3.63) is 47.0 Å². The molecule has 15 heteroatoms. The standard InChI is InChI=1S/C24H22F3N3O9/c1-12(31)36-11-17-19(37-13(2)32)20(38-14(3)33)22(39-17)30-18(28-21(29-30)23(34)35-4)10-9-15-7-5-6-8-16(15)24(25,26)27/h5-8,17,19-20,22H,11H2,1-4H3/t17-,19-,20-,22-/m1/s1. The van der Waals surface area contributed by atoms with Crippen LogP contribution in [0.4, 0.5) is 13.2 Å². The lowest BCUT2D eigenvalue weighted by molar-refractivity contribution is -0.166. The second-order valence-electron chi connectivity index (χ2n) is 8.00. The van der Waals surface area contributed by atoms with Gasteiger partial charge in [-0.3, -0.25) is 14.4 Å². The van der Waals surface area contributed by atoms with Crippen molar-refractivity contribution < 1.29 is 56.0 Å². The zero-order valence-electron chi connectivity index (χ0n) is 21.0. The largest absolute Gasteiger partial charge is 0.463 e. The van der Waals surface area contributed by atoms with E-state index in [9.17, 15) is 32.3 Å². The minimum Gasteiger partial charge on any atom is -0.463 e. The van der Waals surface area contributed by atoms with Gasteiger partial charge in [-0.05, 0) is 18.1 Å². The van der Waals surface area contributed by atoms with E-state index < -0.39 is 78.2 Å². The molecule has 1 saturated heterocycles. The Morgan fingerprint density at radius 1 is 1.00 bits per heavy atom. The van der Waals surface area contributed by atoms with Crippen LogP contribution in [-0.2, 0) is 44.2 Å². The average Bonchev–Trinajstić information content (AvgIpc) is 3.41. The second kappa shape index (κ2) is 11.9. The molecule has 0 unspecified atom stereocenters. The number of ether oxygens (including phenoxy) is 5. The molecule has 0 radical (unpaired) electrons. The van der Waals surface area contributed by atoms with Gasteiger partial charge in [-0.15, -0.1) is 5.10 Å². The average molecular weight is 553 g/mol. The fourth-order valence-corrected chi connectivity index (χ4v) is 3.62. The summed E-state index contributed by atoms with van der Waals surface area (Å²) in [5.41, 5.74) is -1.41. The van der Waals surface area contributed by atoms with Gasteiger partial charge in [0.15, 0.2) is 18.4 Å². The highest BCUT2D eigenvalue weighted by atomic mass is 19.4. The highest BCUT2D eigenvalue weighted by Gasteiger charge is 2.51. The van der Waals surface area contributed by atoms with Crippen molar-refractivity contribution in [1.29, 1.82) is 0 Å². The Hall–Kier alpha value is -4.45. The maximum Gasteiger partial charge on any atom is 0.417 e. The lowest BCUT2D eigenvalue weighted by Gasteiger charge is -2.23. The van der Waals surface area contributed by atoms with Crippen LogP contribution < -0.4 is 0 Å². The molecule has 1 aliphatic rings. The van der Waals surface area contributed by atoms with E-state index in [2.05, 4.69) is 26.7 Å². The number of methoxy groups -OCH3 is 1. The predicted molar refractivity (Wildman–Crippen MR) is 120 cm³/mol. The molecule has 1 fully saturated rings. The van der Waals surface area contributed by atoms with E-state index in [0.717, 1.165) is 44.7 Å². The van der Waals surface area contributed by atoms with Gasteiger partial charge in [-0.25, -0.2) is 9.48 Å². The summed E-state index contributed by atoms with van der Waals surface area (Å²) in [7, 11) is 1.05. The number of halogens is 3. The molecule has 0 spiro atoms. The van der Waals surface area contributed by atoms with Crippen LogP contribution in [0.25, 0.3) is 0 Å². The van der Waals surface area contributed by atoms with Crippen molar-refractivity contribution in [3.8, 4) is 11.8 Å². The van der Waals surface area contributed by atoms with Gasteiger partial charge in [0, 0.05) is 26.3 Å². The lowest BCUT2D eigenvalue weighted by atomic mass is 10.1. The summed E-state index contributed by atoms with van der Waals surface area (Å²) in [6.07, 6.45) is -10.1. The molecule has 4 atom stereocenters. The highest BCUT2D eigenvalue weighted by molar-refractivity contribution is 5.85. The molecule has 1 aromatic carbocycles. The van der Waals surface area contributed by atoms with Crippen LogP contribution in [0, 0.1) is 11.8 Å². The number of rotatable bonds is 6. The van der Waals surface area contributed by atoms with E-state index in [1.165, 1.54) is 12.1 Å². The van der Waals surface area contributed by atoms with E-state index in [0.29, 0.717) is 0 Å². The number of benzene rings is 1. The molecule has 0 saturated carbocycles. The van der Waals surface area contributed by atoms with Crippen molar-refractivity contribution in [2.45, 2.75) is 51.5 Å². The van der Waals surface area contributed by atoms with Crippen LogP contribution in [0.15, 0.2) is 24.3 Å². The van der Waals surface area contributed by atoms with Crippen molar-refractivity contribution in [3.63, 3.8) is 0 Å². The fraction of sp³-hybridized carbons (Fsp3) is 0.417. The number of carbonyl (C=O) groups excluding carboxylic acids is 4. The van der Waals surface area contributed by atoms with E-state index >= 15 is 0 Å². The second-order valence-corrected chi connectivity index (χ2v) is 8.00. The van der Waals surface area contributed by atoms with Gasteiger partial charge in [0.1, 0.15) is 12.7 Å². The van der Waals surface area contributed by atoms with Gasteiger partial charge >= 0.3 is 30.1 Å². The Balaban J connectivity index is 2.14. The third kappa shape index (κ3) is 7.11. The molecule has 0 bridgehead atoms. The van der Waals surface area contributed by atoms with Crippen LogP contribution in [0.3, 0.4) is 0 Å². The Kier molecular flexibility index (Phi) is 8.92. The van der Waals surface area contributed by atoms with Crippen LogP contribution in [-0.4, -0.2) is 70.7 Å². The minimum absolute atomic E-state index is 0.371.